The van der Waals surface area contributed by atoms with Crippen molar-refractivity contribution in [3.63, 3.8) is 0 Å². The molecule has 3 rings (SSSR count). The summed E-state index contributed by atoms with van der Waals surface area (Å²) in [6.07, 6.45) is 19.0. The zero-order valence-electron chi connectivity index (χ0n) is 19.6. The predicted octanol–water partition coefficient (Wildman–Crippen LogP) is 7.00. The highest BCUT2D eigenvalue weighted by Crippen LogP contribution is 2.34. The first-order valence-corrected chi connectivity index (χ1v) is 13.2. The van der Waals surface area contributed by atoms with Crippen LogP contribution in [0.15, 0.2) is 0 Å². The van der Waals surface area contributed by atoms with Gasteiger partial charge in [0.05, 0.1) is 18.6 Å². The van der Waals surface area contributed by atoms with E-state index in [4.69, 9.17) is 14.5 Å². The molecule has 0 unspecified atom stereocenters. The average molecular weight is 423 g/mol. The van der Waals surface area contributed by atoms with Crippen LogP contribution in [-0.2, 0) is 19.3 Å². The summed E-state index contributed by atoms with van der Waals surface area (Å²) in [6, 6.07) is 0. The molecule has 174 valence electrons. The number of carbonyl (C=O) groups is 1. The number of hydrogen-bond donors (Lipinski definition) is 0. The lowest BCUT2D eigenvalue weighted by Crippen LogP contribution is -2.32. The second-order valence-corrected chi connectivity index (χ2v) is 10.4. The number of ether oxygens (including phenoxy) is 1. The van der Waals surface area contributed by atoms with Crippen molar-refractivity contribution < 1.29 is 19.3 Å². The van der Waals surface area contributed by atoms with E-state index in [0.717, 1.165) is 57.0 Å². The summed E-state index contributed by atoms with van der Waals surface area (Å²) < 4.78 is 5.87. The molecule has 30 heavy (non-hydrogen) atoms. The van der Waals surface area contributed by atoms with Crippen molar-refractivity contribution in [3.05, 3.63) is 0 Å². The van der Waals surface area contributed by atoms with Crippen molar-refractivity contribution in [3.8, 4) is 0 Å². The van der Waals surface area contributed by atoms with Gasteiger partial charge in [0.2, 0.25) is 0 Å². The Morgan fingerprint density at radius 2 is 1.17 bits per heavy atom. The highest BCUT2D eigenvalue weighted by atomic mass is 17.2. The standard InChI is InChI=1S/C26H46O4/c1-3-5-20-7-9-22(10-8-20)19-28-30-25-17-15-24(16-18-25)29-26(27)23-13-11-21(6-4-2)12-14-23/h20-25H,3-19H2,1-2H3. The molecule has 3 aliphatic rings. The zero-order valence-corrected chi connectivity index (χ0v) is 19.6. The molecule has 4 nitrogen and oxygen atoms in total. The van der Waals surface area contributed by atoms with Crippen LogP contribution < -0.4 is 0 Å². The first-order valence-electron chi connectivity index (χ1n) is 13.2. The molecular formula is C26H46O4. The maximum Gasteiger partial charge on any atom is 0.309 e. The van der Waals surface area contributed by atoms with Crippen molar-refractivity contribution in [2.24, 2.45) is 23.7 Å². The number of rotatable bonds is 10. The molecule has 3 saturated carbocycles. The first-order chi connectivity index (χ1) is 14.7. The lowest BCUT2D eigenvalue weighted by atomic mass is 9.80. The Balaban J connectivity index is 1.23. The molecule has 0 amide bonds. The Morgan fingerprint density at radius 3 is 1.73 bits per heavy atom. The third-order valence-corrected chi connectivity index (χ3v) is 7.95. The Labute approximate surface area is 184 Å². The normalized spacial score (nSPS) is 35.1. The van der Waals surface area contributed by atoms with E-state index in [1.54, 1.807) is 0 Å². The third-order valence-electron chi connectivity index (χ3n) is 7.95. The van der Waals surface area contributed by atoms with Crippen LogP contribution in [0.5, 0.6) is 0 Å². The molecule has 0 atom stereocenters. The molecule has 0 radical (unpaired) electrons. The van der Waals surface area contributed by atoms with E-state index >= 15 is 0 Å². The Hall–Kier alpha value is -0.610. The fourth-order valence-corrected chi connectivity index (χ4v) is 5.93. The molecule has 0 spiro atoms. The Morgan fingerprint density at radius 1 is 0.667 bits per heavy atom. The van der Waals surface area contributed by atoms with Gasteiger partial charge in [0, 0.05) is 0 Å². The molecule has 4 heteroatoms. The lowest BCUT2D eigenvalue weighted by molar-refractivity contribution is -0.336. The van der Waals surface area contributed by atoms with Gasteiger partial charge in [-0.15, -0.1) is 0 Å². The number of esters is 1. The topological polar surface area (TPSA) is 44.8 Å². The van der Waals surface area contributed by atoms with E-state index in [1.165, 1.54) is 64.2 Å². The van der Waals surface area contributed by atoms with Crippen LogP contribution in [0.2, 0.25) is 0 Å². The fourth-order valence-electron chi connectivity index (χ4n) is 5.93. The molecule has 0 aromatic rings. The maximum absolute atomic E-state index is 12.5. The van der Waals surface area contributed by atoms with Crippen LogP contribution in [-0.4, -0.2) is 24.8 Å². The summed E-state index contributed by atoms with van der Waals surface area (Å²) >= 11 is 0. The van der Waals surface area contributed by atoms with Crippen LogP contribution in [0, 0.1) is 23.7 Å². The van der Waals surface area contributed by atoms with Gasteiger partial charge in [-0.05, 0) is 82.0 Å². The summed E-state index contributed by atoms with van der Waals surface area (Å²) in [4.78, 5) is 23.9. The van der Waals surface area contributed by atoms with Crippen molar-refractivity contribution in [2.75, 3.05) is 6.61 Å². The fraction of sp³-hybridized carbons (Fsp3) is 0.962. The smallest absolute Gasteiger partial charge is 0.309 e. The summed E-state index contributed by atoms with van der Waals surface area (Å²) in [5.41, 5.74) is 0. The average Bonchev–Trinajstić information content (AvgIpc) is 2.77. The van der Waals surface area contributed by atoms with Gasteiger partial charge in [-0.3, -0.25) is 4.79 Å². The zero-order chi connectivity index (χ0) is 21.2. The van der Waals surface area contributed by atoms with Crippen LogP contribution in [0.25, 0.3) is 0 Å². The summed E-state index contributed by atoms with van der Waals surface area (Å²) in [6.45, 7) is 5.29. The first kappa shape index (κ1) is 24.0. The molecule has 3 aliphatic carbocycles. The Bertz CT molecular complexity index is 469. The molecule has 0 saturated heterocycles. The monoisotopic (exact) mass is 422 g/mol. The minimum Gasteiger partial charge on any atom is -0.462 e. The van der Waals surface area contributed by atoms with Gasteiger partial charge in [0.1, 0.15) is 6.10 Å². The van der Waals surface area contributed by atoms with Gasteiger partial charge in [-0.25, -0.2) is 9.78 Å². The molecule has 0 bridgehead atoms. The highest BCUT2D eigenvalue weighted by molar-refractivity contribution is 5.72. The van der Waals surface area contributed by atoms with Gasteiger partial charge in [-0.2, -0.15) is 0 Å². The molecule has 0 aromatic heterocycles. The van der Waals surface area contributed by atoms with E-state index in [1.807, 2.05) is 0 Å². The van der Waals surface area contributed by atoms with Gasteiger partial charge >= 0.3 is 5.97 Å². The second kappa shape index (κ2) is 13.1. The van der Waals surface area contributed by atoms with Gasteiger partial charge in [0.25, 0.3) is 0 Å². The molecule has 0 aliphatic heterocycles. The SMILES string of the molecule is CCCC1CCC(COOC2CCC(OC(=O)C3CCC(CCC)CC3)CC2)CC1. The van der Waals surface area contributed by atoms with Crippen molar-refractivity contribution in [2.45, 2.75) is 129 Å². The molecule has 0 N–H and O–H groups in total. The van der Waals surface area contributed by atoms with Crippen molar-refractivity contribution in [1.82, 2.24) is 0 Å². The number of carbonyl (C=O) groups excluding carboxylic acids is 1. The van der Waals surface area contributed by atoms with E-state index in [-0.39, 0.29) is 24.1 Å². The highest BCUT2D eigenvalue weighted by Gasteiger charge is 2.31. The molecular weight excluding hydrogens is 376 g/mol. The largest absolute Gasteiger partial charge is 0.462 e. The quantitative estimate of drug-likeness (QED) is 0.216. The van der Waals surface area contributed by atoms with E-state index in [9.17, 15) is 4.79 Å². The minimum absolute atomic E-state index is 0.0595. The van der Waals surface area contributed by atoms with E-state index < -0.39 is 0 Å². The third kappa shape index (κ3) is 7.82. The molecule has 0 heterocycles. The molecule has 0 aromatic carbocycles. The van der Waals surface area contributed by atoms with E-state index in [0.29, 0.717) is 5.92 Å². The van der Waals surface area contributed by atoms with Crippen molar-refractivity contribution >= 4 is 5.97 Å². The van der Waals surface area contributed by atoms with Gasteiger partial charge < -0.3 is 4.74 Å². The minimum atomic E-state index is 0.0595. The van der Waals surface area contributed by atoms with Gasteiger partial charge in [-0.1, -0.05) is 52.4 Å². The Kier molecular flexibility index (Phi) is 10.5. The summed E-state index contributed by atoms with van der Waals surface area (Å²) in [5.74, 6) is 2.64. The van der Waals surface area contributed by atoms with Gasteiger partial charge in [0.15, 0.2) is 0 Å². The van der Waals surface area contributed by atoms with Crippen LogP contribution in [0.4, 0.5) is 0 Å². The maximum atomic E-state index is 12.5. The molecule has 3 fully saturated rings. The van der Waals surface area contributed by atoms with Crippen LogP contribution >= 0.6 is 0 Å². The second-order valence-electron chi connectivity index (χ2n) is 10.4. The van der Waals surface area contributed by atoms with E-state index in [2.05, 4.69) is 13.8 Å². The number of hydrogen-bond acceptors (Lipinski definition) is 4. The van der Waals surface area contributed by atoms with Crippen molar-refractivity contribution in [1.29, 1.82) is 0 Å². The summed E-state index contributed by atoms with van der Waals surface area (Å²) in [7, 11) is 0. The van der Waals surface area contributed by atoms with Crippen LogP contribution in [0.1, 0.15) is 117 Å². The van der Waals surface area contributed by atoms with Crippen LogP contribution in [0.3, 0.4) is 0 Å². The summed E-state index contributed by atoms with van der Waals surface area (Å²) in [5, 5.41) is 0. The predicted molar refractivity (Wildman–Crippen MR) is 120 cm³/mol. The lowest BCUT2D eigenvalue weighted by Gasteiger charge is -2.31.